The molecule has 0 bridgehead atoms. The maximum atomic E-state index is 12.1. The van der Waals surface area contributed by atoms with Crippen LogP contribution in [-0.2, 0) is 11.0 Å². The Labute approximate surface area is 93.2 Å². The summed E-state index contributed by atoms with van der Waals surface area (Å²) in [4.78, 5) is 14.4. The summed E-state index contributed by atoms with van der Waals surface area (Å²) in [5.74, 6) is -2.06. The number of carbonyl (C=O) groups excluding carboxylic acids is 1. The minimum Gasteiger partial charge on any atom is -0.292 e. The zero-order chi connectivity index (χ0) is 12.3. The first-order valence-corrected chi connectivity index (χ1v) is 5.46. The second-order valence-corrected chi connectivity index (χ2v) is 4.05. The lowest BCUT2D eigenvalue weighted by atomic mass is 10.4. The first kappa shape index (κ1) is 12.8. The first-order valence-electron chi connectivity index (χ1n) is 4.18. The van der Waals surface area contributed by atoms with E-state index in [4.69, 9.17) is 0 Å². The predicted molar refractivity (Wildman–Crippen MR) is 53.0 cm³/mol. The van der Waals surface area contributed by atoms with Gasteiger partial charge in [-0.05, 0) is 13.2 Å². The lowest BCUT2D eigenvalue weighted by Gasteiger charge is -2.05. The van der Waals surface area contributed by atoms with Crippen LogP contribution in [0.5, 0.6) is 0 Å². The number of hydrogen-bond donors (Lipinski definition) is 2. The maximum absolute atomic E-state index is 12.1. The van der Waals surface area contributed by atoms with E-state index in [1.807, 2.05) is 0 Å². The van der Waals surface area contributed by atoms with Crippen molar-refractivity contribution in [1.29, 1.82) is 0 Å². The van der Waals surface area contributed by atoms with Crippen LogP contribution in [-0.4, -0.2) is 32.6 Å². The number of anilines is 1. The number of nitrogens with one attached hydrogen (secondary N) is 2. The first-order chi connectivity index (χ1) is 7.34. The van der Waals surface area contributed by atoms with Gasteiger partial charge in [0.05, 0.1) is 5.25 Å². The topological polar surface area (TPSA) is 70.7 Å². The fourth-order valence-electron chi connectivity index (χ4n) is 0.763. The zero-order valence-electron chi connectivity index (χ0n) is 8.42. The van der Waals surface area contributed by atoms with Gasteiger partial charge in [-0.2, -0.15) is 29.9 Å². The van der Waals surface area contributed by atoms with Gasteiger partial charge in [-0.1, -0.05) is 0 Å². The van der Waals surface area contributed by atoms with Crippen LogP contribution in [0.1, 0.15) is 12.7 Å². The second kappa shape index (κ2) is 4.73. The van der Waals surface area contributed by atoms with Gasteiger partial charge in [-0.3, -0.25) is 15.2 Å². The summed E-state index contributed by atoms with van der Waals surface area (Å²) in [6, 6.07) is 0. The van der Waals surface area contributed by atoms with Gasteiger partial charge in [0, 0.05) is 0 Å². The molecule has 0 fully saturated rings. The molecule has 0 aliphatic rings. The Balaban J connectivity index is 2.70. The number of nitrogens with zero attached hydrogens (tertiary/aromatic N) is 2. The summed E-state index contributed by atoms with van der Waals surface area (Å²) in [7, 11) is 0. The molecule has 16 heavy (non-hydrogen) atoms. The number of aromatic amines is 1. The number of rotatable bonds is 3. The SMILES string of the molecule is CSC(C)C(=O)Nc1n[nH]c(C(F)(F)F)n1. The maximum Gasteiger partial charge on any atom is 0.451 e. The number of alkyl halides is 3. The van der Waals surface area contributed by atoms with Crippen LogP contribution >= 0.6 is 11.8 Å². The number of thioether (sulfide) groups is 1. The molecule has 9 heteroatoms. The van der Waals surface area contributed by atoms with Crippen LogP contribution < -0.4 is 5.32 Å². The van der Waals surface area contributed by atoms with E-state index in [9.17, 15) is 18.0 Å². The van der Waals surface area contributed by atoms with Crippen molar-refractivity contribution < 1.29 is 18.0 Å². The van der Waals surface area contributed by atoms with E-state index in [0.717, 1.165) is 0 Å². The van der Waals surface area contributed by atoms with Gasteiger partial charge in [-0.25, -0.2) is 0 Å². The Morgan fingerprint density at radius 1 is 1.56 bits per heavy atom. The van der Waals surface area contributed by atoms with Crippen LogP contribution in [0.3, 0.4) is 0 Å². The Kier molecular flexibility index (Phi) is 3.79. The number of carbonyl (C=O) groups is 1. The molecule has 2 N–H and O–H groups in total. The number of hydrogen-bond acceptors (Lipinski definition) is 4. The number of H-pyrrole nitrogens is 1. The van der Waals surface area contributed by atoms with Gasteiger partial charge in [-0.15, -0.1) is 5.10 Å². The Bertz CT molecular complexity index is 378. The average Bonchev–Trinajstić information content (AvgIpc) is 2.64. The van der Waals surface area contributed by atoms with Gasteiger partial charge >= 0.3 is 6.18 Å². The molecule has 1 amide bonds. The third-order valence-corrected chi connectivity index (χ3v) is 2.63. The summed E-state index contributed by atoms with van der Waals surface area (Å²) >= 11 is 1.26. The molecule has 1 unspecified atom stereocenters. The van der Waals surface area contributed by atoms with Crippen LogP contribution in [0.2, 0.25) is 0 Å². The van der Waals surface area contributed by atoms with Crippen LogP contribution in [0, 0.1) is 0 Å². The van der Waals surface area contributed by atoms with Crippen molar-refractivity contribution in [3.63, 3.8) is 0 Å². The van der Waals surface area contributed by atoms with Crippen molar-refractivity contribution in [2.24, 2.45) is 0 Å². The molecule has 1 rings (SSSR count). The van der Waals surface area contributed by atoms with E-state index in [2.05, 4.69) is 15.4 Å². The molecule has 1 aromatic heterocycles. The van der Waals surface area contributed by atoms with Gasteiger partial charge < -0.3 is 0 Å². The monoisotopic (exact) mass is 254 g/mol. The summed E-state index contributed by atoms with van der Waals surface area (Å²) in [6.07, 6.45) is -2.88. The molecule has 5 nitrogen and oxygen atoms in total. The molecular formula is C7H9F3N4OS. The Morgan fingerprint density at radius 2 is 2.19 bits per heavy atom. The lowest BCUT2D eigenvalue weighted by Crippen LogP contribution is -2.22. The third kappa shape index (κ3) is 3.12. The molecule has 0 aliphatic heterocycles. The number of aromatic nitrogens is 3. The Morgan fingerprint density at radius 3 is 2.62 bits per heavy atom. The van der Waals surface area contributed by atoms with Gasteiger partial charge in [0.15, 0.2) is 0 Å². The van der Waals surface area contributed by atoms with E-state index in [1.54, 1.807) is 18.3 Å². The lowest BCUT2D eigenvalue weighted by molar-refractivity contribution is -0.144. The minimum absolute atomic E-state index is 0.377. The predicted octanol–water partition coefficient (Wildman–Crippen LogP) is 1.51. The number of halogens is 3. The van der Waals surface area contributed by atoms with E-state index < -0.39 is 17.9 Å². The molecule has 0 aromatic carbocycles. The largest absolute Gasteiger partial charge is 0.451 e. The van der Waals surface area contributed by atoms with Crippen molar-refractivity contribution in [2.75, 3.05) is 11.6 Å². The summed E-state index contributed by atoms with van der Waals surface area (Å²) in [5.41, 5.74) is 0. The summed E-state index contributed by atoms with van der Waals surface area (Å²) < 4.78 is 36.3. The summed E-state index contributed by atoms with van der Waals surface area (Å²) in [6.45, 7) is 1.62. The number of amides is 1. The highest BCUT2D eigenvalue weighted by molar-refractivity contribution is 7.99. The van der Waals surface area contributed by atoms with E-state index in [0.29, 0.717) is 0 Å². The second-order valence-electron chi connectivity index (χ2n) is 2.87. The molecule has 1 aromatic rings. The van der Waals surface area contributed by atoms with Crippen LogP contribution in [0.4, 0.5) is 19.1 Å². The van der Waals surface area contributed by atoms with Crippen molar-refractivity contribution in [3.05, 3.63) is 5.82 Å². The van der Waals surface area contributed by atoms with Crippen LogP contribution in [0.25, 0.3) is 0 Å². The van der Waals surface area contributed by atoms with Gasteiger partial charge in [0.25, 0.3) is 0 Å². The normalized spacial score (nSPS) is 13.6. The van der Waals surface area contributed by atoms with Crippen molar-refractivity contribution in [2.45, 2.75) is 18.3 Å². The molecule has 0 saturated carbocycles. The fraction of sp³-hybridized carbons (Fsp3) is 0.571. The standard InChI is InChI=1S/C7H9F3N4OS/c1-3(16-2)4(15)11-6-12-5(13-14-6)7(8,9)10/h3H,1-2H3,(H2,11,12,13,14,15). The van der Waals surface area contributed by atoms with Gasteiger partial charge in [0.1, 0.15) is 0 Å². The minimum atomic E-state index is -4.60. The van der Waals surface area contributed by atoms with Crippen molar-refractivity contribution in [3.8, 4) is 0 Å². The molecule has 0 radical (unpaired) electrons. The quantitative estimate of drug-likeness (QED) is 0.857. The molecular weight excluding hydrogens is 245 g/mol. The van der Waals surface area contributed by atoms with E-state index in [1.165, 1.54) is 11.8 Å². The molecule has 1 atom stereocenters. The van der Waals surface area contributed by atoms with Gasteiger partial charge in [0.2, 0.25) is 17.7 Å². The van der Waals surface area contributed by atoms with Crippen LogP contribution in [0.15, 0.2) is 0 Å². The van der Waals surface area contributed by atoms with E-state index in [-0.39, 0.29) is 11.2 Å². The Hall–Kier alpha value is -1.25. The van der Waals surface area contributed by atoms with E-state index >= 15 is 0 Å². The average molecular weight is 254 g/mol. The molecule has 0 aliphatic carbocycles. The molecule has 1 heterocycles. The van der Waals surface area contributed by atoms with Crippen molar-refractivity contribution in [1.82, 2.24) is 15.2 Å². The van der Waals surface area contributed by atoms with Crippen molar-refractivity contribution >= 4 is 23.6 Å². The highest BCUT2D eigenvalue weighted by Gasteiger charge is 2.35. The third-order valence-electron chi connectivity index (χ3n) is 1.71. The highest BCUT2D eigenvalue weighted by atomic mass is 32.2. The highest BCUT2D eigenvalue weighted by Crippen LogP contribution is 2.26. The fourth-order valence-corrected chi connectivity index (χ4v) is 1.04. The zero-order valence-corrected chi connectivity index (χ0v) is 9.24. The molecule has 90 valence electrons. The smallest absolute Gasteiger partial charge is 0.292 e. The summed E-state index contributed by atoms with van der Waals surface area (Å²) in [5, 5.41) is 6.73. The molecule has 0 spiro atoms. The molecule has 0 saturated heterocycles.